The second-order valence-corrected chi connectivity index (χ2v) is 5.66. The third kappa shape index (κ3) is 5.46. The van der Waals surface area contributed by atoms with Gasteiger partial charge in [-0.3, -0.25) is 4.79 Å². The van der Waals surface area contributed by atoms with Gasteiger partial charge in [-0.1, -0.05) is 19.9 Å². The van der Waals surface area contributed by atoms with Crippen molar-refractivity contribution in [3.8, 4) is 0 Å². The van der Waals surface area contributed by atoms with Crippen molar-refractivity contribution in [3.05, 3.63) is 33.7 Å². The molecule has 0 unspecified atom stereocenters. The Morgan fingerprint density at radius 2 is 2.30 bits per heavy atom. The summed E-state index contributed by atoms with van der Waals surface area (Å²) in [5.74, 6) is 0.652. The molecule has 6 heteroatoms. The van der Waals surface area contributed by atoms with Crippen molar-refractivity contribution in [3.63, 3.8) is 0 Å². The van der Waals surface area contributed by atoms with Crippen LogP contribution in [0.2, 0.25) is 0 Å². The molecule has 1 heterocycles. The molecule has 0 fully saturated rings. The number of allylic oxidation sites excluding steroid dienone is 1. The van der Waals surface area contributed by atoms with Crippen LogP contribution >= 0.6 is 15.9 Å². The van der Waals surface area contributed by atoms with E-state index in [4.69, 9.17) is 4.74 Å². The molecule has 1 aromatic heterocycles. The fourth-order valence-electron chi connectivity index (χ4n) is 1.52. The zero-order chi connectivity index (χ0) is 15.0. The van der Waals surface area contributed by atoms with E-state index in [9.17, 15) is 4.79 Å². The van der Waals surface area contributed by atoms with Crippen LogP contribution < -0.4 is 10.9 Å². The van der Waals surface area contributed by atoms with Gasteiger partial charge in [0.25, 0.3) is 5.56 Å². The first kappa shape index (κ1) is 16.9. The van der Waals surface area contributed by atoms with E-state index in [0.29, 0.717) is 35.8 Å². The Morgan fingerprint density at radius 3 is 2.95 bits per heavy atom. The van der Waals surface area contributed by atoms with E-state index in [-0.39, 0.29) is 5.56 Å². The maximum atomic E-state index is 11.9. The van der Waals surface area contributed by atoms with Gasteiger partial charge in [0.1, 0.15) is 4.47 Å². The minimum Gasteiger partial charge on any atom is -0.380 e. The Labute approximate surface area is 128 Å². The van der Waals surface area contributed by atoms with Gasteiger partial charge >= 0.3 is 0 Å². The summed E-state index contributed by atoms with van der Waals surface area (Å²) in [6, 6.07) is 0. The lowest BCUT2D eigenvalue weighted by atomic mass is 10.1. The van der Waals surface area contributed by atoms with Gasteiger partial charge < -0.3 is 10.1 Å². The van der Waals surface area contributed by atoms with Gasteiger partial charge in [-0.15, -0.1) is 6.58 Å². The molecule has 112 valence electrons. The van der Waals surface area contributed by atoms with Crippen LogP contribution in [0.15, 0.2) is 28.1 Å². The van der Waals surface area contributed by atoms with Gasteiger partial charge in [-0.05, 0) is 28.3 Å². The van der Waals surface area contributed by atoms with Gasteiger partial charge in [0.15, 0.2) is 0 Å². The van der Waals surface area contributed by atoms with E-state index in [1.54, 1.807) is 12.3 Å². The van der Waals surface area contributed by atoms with E-state index in [2.05, 4.69) is 46.8 Å². The number of ether oxygens (including phenoxy) is 1. The van der Waals surface area contributed by atoms with Crippen LogP contribution in [0, 0.1) is 5.92 Å². The second kappa shape index (κ2) is 8.92. The standard InChI is InChI=1S/C14H22BrN3O2/c1-4-7-18-14(19)13(15)12(10-17-18)16-6-9-20-8-5-11(2)3/h4,10-11,16H,1,5-9H2,2-3H3. The fraction of sp³-hybridized carbons (Fsp3) is 0.571. The van der Waals surface area contributed by atoms with Gasteiger partial charge in [-0.25, -0.2) is 4.68 Å². The molecule has 1 rings (SSSR count). The van der Waals surface area contributed by atoms with E-state index in [1.807, 2.05) is 0 Å². The van der Waals surface area contributed by atoms with Crippen molar-refractivity contribution < 1.29 is 4.74 Å². The monoisotopic (exact) mass is 343 g/mol. The summed E-state index contributed by atoms with van der Waals surface area (Å²) >= 11 is 3.29. The molecule has 0 saturated carbocycles. The zero-order valence-corrected chi connectivity index (χ0v) is 13.6. The summed E-state index contributed by atoms with van der Waals surface area (Å²) in [5, 5.41) is 7.20. The summed E-state index contributed by atoms with van der Waals surface area (Å²) in [6.45, 7) is 10.3. The van der Waals surface area contributed by atoms with Gasteiger partial charge in [0.05, 0.1) is 25.0 Å². The van der Waals surface area contributed by atoms with Crippen LogP contribution in [-0.4, -0.2) is 29.5 Å². The van der Waals surface area contributed by atoms with Crippen molar-refractivity contribution in [2.75, 3.05) is 25.1 Å². The highest BCUT2D eigenvalue weighted by Crippen LogP contribution is 2.15. The van der Waals surface area contributed by atoms with Gasteiger partial charge in [0, 0.05) is 13.2 Å². The van der Waals surface area contributed by atoms with E-state index in [0.717, 1.165) is 13.0 Å². The Hall–Kier alpha value is -1.14. The predicted octanol–water partition coefficient (Wildman–Crippen LogP) is 2.67. The van der Waals surface area contributed by atoms with Crippen LogP contribution in [0.1, 0.15) is 20.3 Å². The van der Waals surface area contributed by atoms with Crippen LogP contribution in [-0.2, 0) is 11.3 Å². The Balaban J connectivity index is 2.43. The van der Waals surface area contributed by atoms with Crippen LogP contribution in [0.5, 0.6) is 0 Å². The molecule has 1 N–H and O–H groups in total. The van der Waals surface area contributed by atoms with Crippen molar-refractivity contribution in [1.82, 2.24) is 9.78 Å². The highest BCUT2D eigenvalue weighted by atomic mass is 79.9. The molecule has 0 spiro atoms. The quantitative estimate of drug-likeness (QED) is 0.553. The van der Waals surface area contributed by atoms with Crippen molar-refractivity contribution in [1.29, 1.82) is 0 Å². The summed E-state index contributed by atoms with van der Waals surface area (Å²) < 4.78 is 7.34. The molecule has 0 radical (unpaired) electrons. The van der Waals surface area contributed by atoms with E-state index < -0.39 is 0 Å². The molecule has 1 aromatic rings. The van der Waals surface area contributed by atoms with Crippen LogP contribution in [0.4, 0.5) is 5.69 Å². The zero-order valence-electron chi connectivity index (χ0n) is 12.1. The molecule has 20 heavy (non-hydrogen) atoms. The smallest absolute Gasteiger partial charge is 0.283 e. The highest BCUT2D eigenvalue weighted by molar-refractivity contribution is 9.10. The minimum atomic E-state index is -0.171. The maximum absolute atomic E-state index is 11.9. The second-order valence-electron chi connectivity index (χ2n) is 4.87. The van der Waals surface area contributed by atoms with Crippen molar-refractivity contribution in [2.45, 2.75) is 26.8 Å². The molecular formula is C14H22BrN3O2. The number of hydrogen-bond donors (Lipinski definition) is 1. The molecular weight excluding hydrogens is 322 g/mol. The Kier molecular flexibility index (Phi) is 7.54. The highest BCUT2D eigenvalue weighted by Gasteiger charge is 2.07. The third-order valence-electron chi connectivity index (χ3n) is 2.69. The van der Waals surface area contributed by atoms with Crippen molar-refractivity contribution >= 4 is 21.6 Å². The number of aromatic nitrogens is 2. The molecule has 0 atom stereocenters. The number of rotatable bonds is 9. The topological polar surface area (TPSA) is 56.1 Å². The summed E-state index contributed by atoms with van der Waals surface area (Å²) in [5.41, 5.74) is 0.512. The average molecular weight is 344 g/mol. The molecule has 0 aliphatic carbocycles. The molecule has 0 bridgehead atoms. The SMILES string of the molecule is C=CCn1ncc(NCCOCCC(C)C)c(Br)c1=O. The molecule has 0 saturated heterocycles. The lowest BCUT2D eigenvalue weighted by molar-refractivity contribution is 0.132. The molecule has 0 aromatic carbocycles. The summed E-state index contributed by atoms with van der Waals surface area (Å²) in [6.07, 6.45) is 4.32. The first-order chi connectivity index (χ1) is 9.56. The molecule has 5 nitrogen and oxygen atoms in total. The van der Waals surface area contributed by atoms with E-state index >= 15 is 0 Å². The molecule has 0 aliphatic heterocycles. The van der Waals surface area contributed by atoms with Gasteiger partial charge in [0.2, 0.25) is 0 Å². The van der Waals surface area contributed by atoms with Crippen LogP contribution in [0.25, 0.3) is 0 Å². The minimum absolute atomic E-state index is 0.171. The number of nitrogens with zero attached hydrogens (tertiary/aromatic N) is 2. The Bertz CT molecular complexity index is 486. The number of anilines is 1. The maximum Gasteiger partial charge on any atom is 0.283 e. The first-order valence-corrected chi connectivity index (χ1v) is 7.53. The average Bonchev–Trinajstić information content (AvgIpc) is 2.41. The Morgan fingerprint density at radius 1 is 1.55 bits per heavy atom. The molecule has 0 aliphatic rings. The number of nitrogens with one attached hydrogen (secondary N) is 1. The molecule has 0 amide bonds. The summed E-state index contributed by atoms with van der Waals surface area (Å²) in [7, 11) is 0. The fourth-order valence-corrected chi connectivity index (χ4v) is 1.97. The van der Waals surface area contributed by atoms with Crippen molar-refractivity contribution in [2.24, 2.45) is 5.92 Å². The first-order valence-electron chi connectivity index (χ1n) is 6.74. The lowest BCUT2D eigenvalue weighted by Crippen LogP contribution is -2.24. The number of halogens is 1. The number of hydrogen-bond acceptors (Lipinski definition) is 4. The predicted molar refractivity (Wildman–Crippen MR) is 85.2 cm³/mol. The van der Waals surface area contributed by atoms with E-state index in [1.165, 1.54) is 4.68 Å². The normalized spacial score (nSPS) is 10.8. The largest absolute Gasteiger partial charge is 0.380 e. The lowest BCUT2D eigenvalue weighted by Gasteiger charge is -2.10. The summed E-state index contributed by atoms with van der Waals surface area (Å²) in [4.78, 5) is 11.9. The third-order valence-corrected chi connectivity index (χ3v) is 3.45. The van der Waals surface area contributed by atoms with Gasteiger partial charge in [-0.2, -0.15) is 5.10 Å². The van der Waals surface area contributed by atoms with Crippen LogP contribution in [0.3, 0.4) is 0 Å².